The number of fused-ring (bicyclic) bond motifs is 3. The van der Waals surface area contributed by atoms with Crippen LogP contribution in [-0.2, 0) is 0 Å². The number of para-hydroxylation sites is 1. The molecule has 0 fully saturated rings. The second kappa shape index (κ2) is 10.8. The quantitative estimate of drug-likeness (QED) is 0.208. The van der Waals surface area contributed by atoms with E-state index in [0.29, 0.717) is 17.5 Å². The van der Waals surface area contributed by atoms with Gasteiger partial charge >= 0.3 is 0 Å². The van der Waals surface area contributed by atoms with Crippen molar-refractivity contribution in [2.75, 3.05) is 0 Å². The summed E-state index contributed by atoms with van der Waals surface area (Å²) in [6.07, 6.45) is 0. The minimum atomic E-state index is 0.643. The fourth-order valence-electron chi connectivity index (χ4n) is 5.88. The van der Waals surface area contributed by atoms with Gasteiger partial charge in [-0.1, -0.05) is 121 Å². The van der Waals surface area contributed by atoms with E-state index in [9.17, 15) is 0 Å². The Hall–Kier alpha value is -5.87. The van der Waals surface area contributed by atoms with Crippen molar-refractivity contribution in [3.05, 3.63) is 151 Å². The Morgan fingerprint density at radius 1 is 0.409 bits per heavy atom. The number of benzene rings is 6. The first-order valence-electron chi connectivity index (χ1n) is 14.7. The smallest absolute Gasteiger partial charge is 0.164 e. The Kier molecular flexibility index (Phi) is 6.31. The van der Waals surface area contributed by atoms with Crippen LogP contribution in [0.1, 0.15) is 5.56 Å². The highest BCUT2D eigenvalue weighted by Gasteiger charge is 2.16. The molecule has 0 aliphatic rings. The van der Waals surface area contributed by atoms with Gasteiger partial charge < -0.3 is 4.42 Å². The highest BCUT2D eigenvalue weighted by molar-refractivity contribution is 6.12. The van der Waals surface area contributed by atoms with E-state index in [-0.39, 0.29) is 0 Å². The first-order chi connectivity index (χ1) is 21.7. The van der Waals surface area contributed by atoms with Crippen LogP contribution in [0.2, 0.25) is 0 Å². The standard InChI is InChI=1S/C40H27N3O/c1-26-22-23-31(40-42-38(27-12-4-2-5-13-27)41-39(43-40)28-14-6-3-7-15-28)25-34(26)30-17-10-16-29(24-30)32-19-11-21-36-37(32)33-18-8-9-20-35(33)44-36/h2-25H,1H3. The van der Waals surface area contributed by atoms with Crippen molar-refractivity contribution in [2.24, 2.45) is 0 Å². The van der Waals surface area contributed by atoms with Crippen molar-refractivity contribution in [3.63, 3.8) is 0 Å². The molecule has 208 valence electrons. The Morgan fingerprint density at radius 3 is 1.66 bits per heavy atom. The number of aryl methyl sites for hydroxylation is 1. The molecule has 0 spiro atoms. The largest absolute Gasteiger partial charge is 0.456 e. The summed E-state index contributed by atoms with van der Waals surface area (Å²) in [5.74, 6) is 1.95. The molecule has 2 heterocycles. The molecule has 6 aromatic carbocycles. The zero-order valence-electron chi connectivity index (χ0n) is 24.1. The van der Waals surface area contributed by atoms with Crippen LogP contribution in [0.15, 0.2) is 150 Å². The third-order valence-electron chi connectivity index (χ3n) is 8.08. The van der Waals surface area contributed by atoms with Gasteiger partial charge in [-0.2, -0.15) is 0 Å². The lowest BCUT2D eigenvalue weighted by Gasteiger charge is -2.12. The summed E-state index contributed by atoms with van der Waals surface area (Å²) in [5, 5.41) is 2.26. The molecule has 8 aromatic rings. The third kappa shape index (κ3) is 4.63. The molecule has 0 unspecified atom stereocenters. The van der Waals surface area contributed by atoms with E-state index in [1.54, 1.807) is 0 Å². The normalized spacial score (nSPS) is 11.3. The first-order valence-corrected chi connectivity index (χ1v) is 14.7. The van der Waals surface area contributed by atoms with Gasteiger partial charge in [-0.25, -0.2) is 15.0 Å². The highest BCUT2D eigenvalue weighted by Crippen LogP contribution is 2.38. The van der Waals surface area contributed by atoms with Gasteiger partial charge in [0.15, 0.2) is 17.5 Å². The van der Waals surface area contributed by atoms with Crippen molar-refractivity contribution < 1.29 is 4.42 Å². The predicted octanol–water partition coefficient (Wildman–Crippen LogP) is 10.4. The van der Waals surface area contributed by atoms with Gasteiger partial charge in [-0.05, 0) is 59.0 Å². The molecular formula is C40H27N3O. The van der Waals surface area contributed by atoms with E-state index in [2.05, 4.69) is 73.7 Å². The number of hydrogen-bond donors (Lipinski definition) is 0. The molecule has 0 saturated carbocycles. The Balaban J connectivity index is 1.26. The average Bonchev–Trinajstić information content (AvgIpc) is 3.48. The topological polar surface area (TPSA) is 51.8 Å². The van der Waals surface area contributed by atoms with Gasteiger partial charge in [0.2, 0.25) is 0 Å². The van der Waals surface area contributed by atoms with Crippen molar-refractivity contribution >= 4 is 21.9 Å². The second-order valence-electron chi connectivity index (χ2n) is 10.9. The van der Waals surface area contributed by atoms with E-state index in [1.807, 2.05) is 78.9 Å². The molecule has 4 nitrogen and oxygen atoms in total. The summed E-state index contributed by atoms with van der Waals surface area (Å²) >= 11 is 0. The monoisotopic (exact) mass is 565 g/mol. The Labute approximate surface area is 255 Å². The molecule has 0 aliphatic heterocycles. The lowest BCUT2D eigenvalue weighted by atomic mass is 9.93. The van der Waals surface area contributed by atoms with Gasteiger partial charge in [-0.15, -0.1) is 0 Å². The summed E-state index contributed by atoms with van der Waals surface area (Å²) < 4.78 is 6.18. The van der Waals surface area contributed by atoms with Gasteiger partial charge in [-0.3, -0.25) is 0 Å². The number of aromatic nitrogens is 3. The van der Waals surface area contributed by atoms with E-state index < -0.39 is 0 Å². The zero-order valence-corrected chi connectivity index (χ0v) is 24.1. The molecule has 4 heteroatoms. The SMILES string of the molecule is Cc1ccc(-c2nc(-c3ccccc3)nc(-c3ccccc3)n2)cc1-c1cccc(-c2cccc3oc4ccccc4c23)c1. The number of furan rings is 1. The molecule has 0 saturated heterocycles. The molecule has 0 bridgehead atoms. The average molecular weight is 566 g/mol. The lowest BCUT2D eigenvalue weighted by Crippen LogP contribution is -2.00. The first kappa shape index (κ1) is 25.8. The van der Waals surface area contributed by atoms with Gasteiger partial charge in [0.05, 0.1) is 0 Å². The Morgan fingerprint density at radius 2 is 0.955 bits per heavy atom. The number of rotatable bonds is 5. The molecule has 0 aliphatic carbocycles. The lowest BCUT2D eigenvalue weighted by molar-refractivity contribution is 0.669. The fraction of sp³-hybridized carbons (Fsp3) is 0.0250. The van der Waals surface area contributed by atoms with Crippen LogP contribution in [0.3, 0.4) is 0 Å². The molecular weight excluding hydrogens is 538 g/mol. The maximum atomic E-state index is 6.18. The van der Waals surface area contributed by atoms with Crippen molar-refractivity contribution in [2.45, 2.75) is 6.92 Å². The molecule has 0 atom stereocenters. The fourth-order valence-corrected chi connectivity index (χ4v) is 5.88. The molecule has 0 radical (unpaired) electrons. The van der Waals surface area contributed by atoms with Crippen LogP contribution >= 0.6 is 0 Å². The molecule has 0 amide bonds. The summed E-state index contributed by atoms with van der Waals surface area (Å²) in [7, 11) is 0. The van der Waals surface area contributed by atoms with Crippen molar-refractivity contribution in [1.82, 2.24) is 15.0 Å². The van der Waals surface area contributed by atoms with E-state index in [1.165, 1.54) is 5.56 Å². The number of nitrogens with zero attached hydrogens (tertiary/aromatic N) is 3. The van der Waals surface area contributed by atoms with E-state index in [4.69, 9.17) is 19.4 Å². The van der Waals surface area contributed by atoms with Crippen LogP contribution < -0.4 is 0 Å². The third-order valence-corrected chi connectivity index (χ3v) is 8.08. The van der Waals surface area contributed by atoms with Crippen LogP contribution in [0.4, 0.5) is 0 Å². The summed E-state index contributed by atoms with van der Waals surface area (Å²) in [5.41, 5.74) is 10.4. The second-order valence-corrected chi connectivity index (χ2v) is 10.9. The van der Waals surface area contributed by atoms with Crippen LogP contribution in [0.5, 0.6) is 0 Å². The van der Waals surface area contributed by atoms with Gasteiger partial charge in [0.25, 0.3) is 0 Å². The maximum absolute atomic E-state index is 6.18. The van der Waals surface area contributed by atoms with Crippen LogP contribution in [0, 0.1) is 6.92 Å². The van der Waals surface area contributed by atoms with Crippen molar-refractivity contribution in [3.8, 4) is 56.4 Å². The zero-order chi connectivity index (χ0) is 29.5. The molecule has 8 rings (SSSR count). The van der Waals surface area contributed by atoms with E-state index >= 15 is 0 Å². The van der Waals surface area contributed by atoms with Crippen LogP contribution in [-0.4, -0.2) is 15.0 Å². The van der Waals surface area contributed by atoms with Gasteiger partial charge in [0.1, 0.15) is 11.2 Å². The summed E-state index contributed by atoms with van der Waals surface area (Å²) in [4.78, 5) is 14.8. The minimum absolute atomic E-state index is 0.643. The summed E-state index contributed by atoms with van der Waals surface area (Å²) in [6.45, 7) is 2.15. The van der Waals surface area contributed by atoms with Gasteiger partial charge in [0, 0.05) is 27.5 Å². The molecule has 0 N–H and O–H groups in total. The maximum Gasteiger partial charge on any atom is 0.164 e. The minimum Gasteiger partial charge on any atom is -0.456 e. The van der Waals surface area contributed by atoms with Crippen molar-refractivity contribution in [1.29, 1.82) is 0 Å². The van der Waals surface area contributed by atoms with E-state index in [0.717, 1.165) is 60.9 Å². The number of hydrogen-bond acceptors (Lipinski definition) is 4. The molecule has 44 heavy (non-hydrogen) atoms. The van der Waals surface area contributed by atoms with Crippen LogP contribution in [0.25, 0.3) is 78.4 Å². The summed E-state index contributed by atoms with van der Waals surface area (Å²) in [6, 6.07) is 49.8. The Bertz CT molecular complexity index is 2230. The highest BCUT2D eigenvalue weighted by atomic mass is 16.3. The molecule has 2 aromatic heterocycles. The predicted molar refractivity (Wildman–Crippen MR) is 179 cm³/mol.